The lowest BCUT2D eigenvalue weighted by molar-refractivity contribution is -0.129. The van der Waals surface area contributed by atoms with Gasteiger partial charge in [0.1, 0.15) is 11.0 Å². The maximum atomic E-state index is 13.1. The van der Waals surface area contributed by atoms with Crippen molar-refractivity contribution in [2.24, 2.45) is 0 Å². The zero-order valence-electron chi connectivity index (χ0n) is 14.4. The molecule has 0 spiro atoms. The minimum Gasteiger partial charge on any atom is -0.336 e. The Hall–Kier alpha value is -2.14. The summed E-state index contributed by atoms with van der Waals surface area (Å²) in [6.45, 7) is 4.71. The van der Waals surface area contributed by atoms with Crippen molar-refractivity contribution >= 4 is 23.6 Å². The molecule has 0 radical (unpaired) electrons. The Morgan fingerprint density at radius 3 is 2.72 bits per heavy atom. The van der Waals surface area contributed by atoms with Crippen molar-refractivity contribution in [1.82, 2.24) is 14.7 Å². The molecule has 3 rings (SSSR count). The first-order valence-electron chi connectivity index (χ1n) is 8.47. The van der Waals surface area contributed by atoms with Crippen LogP contribution >= 0.6 is 11.6 Å². The fraction of sp³-hybridized carbons (Fsp3) is 0.368. The molecule has 1 aromatic heterocycles. The number of rotatable bonds is 3. The van der Waals surface area contributed by atoms with E-state index in [1.165, 1.54) is 18.6 Å². The first-order valence-corrected chi connectivity index (χ1v) is 8.85. The smallest absolute Gasteiger partial charge is 0.246 e. The molecule has 132 valence electrons. The van der Waals surface area contributed by atoms with Gasteiger partial charge >= 0.3 is 0 Å². The highest BCUT2D eigenvalue weighted by molar-refractivity contribution is 6.31. The first-order chi connectivity index (χ1) is 12.0. The van der Waals surface area contributed by atoms with Crippen molar-refractivity contribution < 1.29 is 9.18 Å². The Morgan fingerprint density at radius 1 is 1.32 bits per heavy atom. The van der Waals surface area contributed by atoms with Gasteiger partial charge in [-0.05, 0) is 63.5 Å². The second-order valence-corrected chi connectivity index (χ2v) is 6.75. The Morgan fingerprint density at radius 2 is 2.04 bits per heavy atom. The van der Waals surface area contributed by atoms with Crippen LogP contribution in [0.1, 0.15) is 37.4 Å². The number of hydrogen-bond donors (Lipinski definition) is 0. The zero-order chi connectivity index (χ0) is 18.0. The molecule has 2 aromatic rings. The van der Waals surface area contributed by atoms with Crippen LogP contribution in [0, 0.1) is 12.7 Å². The first kappa shape index (κ1) is 17.7. The number of aromatic nitrogens is 2. The summed E-state index contributed by atoms with van der Waals surface area (Å²) in [5.74, 6) is -0.317. The van der Waals surface area contributed by atoms with E-state index in [9.17, 15) is 9.18 Å². The molecule has 25 heavy (non-hydrogen) atoms. The van der Waals surface area contributed by atoms with Crippen molar-refractivity contribution in [1.29, 1.82) is 0 Å². The molecule has 1 aliphatic heterocycles. The van der Waals surface area contributed by atoms with Gasteiger partial charge in [0.25, 0.3) is 0 Å². The third kappa shape index (κ3) is 3.76. The van der Waals surface area contributed by atoms with E-state index in [-0.39, 0.29) is 17.8 Å². The average molecular weight is 362 g/mol. The number of aryl methyl sites for hydroxylation is 1. The summed E-state index contributed by atoms with van der Waals surface area (Å²) < 4.78 is 14.6. The molecule has 6 heteroatoms. The standard InChI is InChI=1S/C19H21ClFN3O/c1-13-5-3-4-12-23(13)18(25)11-10-17-14(2)22-24(19(17)20)16-8-6-15(21)7-9-16/h6-11,13H,3-5,12H2,1-2H3/b11-10+. The highest BCUT2D eigenvalue weighted by atomic mass is 35.5. The number of amides is 1. The second-order valence-electron chi connectivity index (χ2n) is 6.39. The van der Waals surface area contributed by atoms with Crippen LogP contribution in [0.15, 0.2) is 30.3 Å². The predicted octanol–water partition coefficient (Wildman–Crippen LogP) is 4.39. The zero-order valence-corrected chi connectivity index (χ0v) is 15.1. The van der Waals surface area contributed by atoms with Crippen molar-refractivity contribution in [3.8, 4) is 5.69 Å². The lowest BCUT2D eigenvalue weighted by Crippen LogP contribution is -2.41. The van der Waals surface area contributed by atoms with Crippen LogP contribution in [-0.2, 0) is 4.79 Å². The molecule has 0 aliphatic carbocycles. The molecule has 0 bridgehead atoms. The van der Waals surface area contributed by atoms with Gasteiger partial charge < -0.3 is 4.90 Å². The van der Waals surface area contributed by atoms with Crippen LogP contribution in [0.2, 0.25) is 5.15 Å². The van der Waals surface area contributed by atoms with Crippen molar-refractivity contribution in [2.75, 3.05) is 6.54 Å². The van der Waals surface area contributed by atoms with Gasteiger partial charge in [0, 0.05) is 24.2 Å². The van der Waals surface area contributed by atoms with Crippen LogP contribution in [-0.4, -0.2) is 33.2 Å². The Labute approximate surface area is 151 Å². The average Bonchev–Trinajstić information content (AvgIpc) is 2.88. The van der Waals surface area contributed by atoms with Gasteiger partial charge in [-0.15, -0.1) is 0 Å². The lowest BCUT2D eigenvalue weighted by Gasteiger charge is -2.32. The molecule has 1 atom stereocenters. The number of nitrogens with zero attached hydrogens (tertiary/aromatic N) is 3. The molecule has 1 aromatic carbocycles. The van der Waals surface area contributed by atoms with Crippen LogP contribution < -0.4 is 0 Å². The van der Waals surface area contributed by atoms with Gasteiger partial charge in [-0.3, -0.25) is 4.79 Å². The number of piperidine rings is 1. The van der Waals surface area contributed by atoms with Crippen LogP contribution in [0.3, 0.4) is 0 Å². The van der Waals surface area contributed by atoms with Crippen molar-refractivity contribution in [2.45, 2.75) is 39.2 Å². The van der Waals surface area contributed by atoms with Crippen LogP contribution in [0.25, 0.3) is 11.8 Å². The topological polar surface area (TPSA) is 38.1 Å². The Bertz CT molecular complexity index is 798. The number of halogens is 2. The van der Waals surface area contributed by atoms with E-state index in [0.29, 0.717) is 22.1 Å². The van der Waals surface area contributed by atoms with Gasteiger partial charge in [0.15, 0.2) is 0 Å². The normalized spacial score (nSPS) is 18.1. The Kier molecular flexibility index (Phi) is 5.23. The minimum absolute atomic E-state index is 0.00259. The summed E-state index contributed by atoms with van der Waals surface area (Å²) in [5, 5.41) is 4.80. The molecule has 1 aliphatic rings. The van der Waals surface area contributed by atoms with Gasteiger partial charge in [-0.1, -0.05) is 11.6 Å². The van der Waals surface area contributed by atoms with Gasteiger partial charge in [-0.2, -0.15) is 5.10 Å². The number of benzene rings is 1. The summed E-state index contributed by atoms with van der Waals surface area (Å²) in [4.78, 5) is 14.3. The van der Waals surface area contributed by atoms with E-state index < -0.39 is 0 Å². The molecular formula is C19H21ClFN3O. The number of likely N-dealkylation sites (tertiary alicyclic amines) is 1. The monoisotopic (exact) mass is 361 g/mol. The van der Waals surface area contributed by atoms with Gasteiger partial charge in [0.05, 0.1) is 11.4 Å². The summed E-state index contributed by atoms with van der Waals surface area (Å²) >= 11 is 6.43. The van der Waals surface area contributed by atoms with E-state index in [0.717, 1.165) is 19.4 Å². The predicted molar refractivity (Wildman–Crippen MR) is 97.3 cm³/mol. The van der Waals surface area contributed by atoms with Gasteiger partial charge in [0.2, 0.25) is 5.91 Å². The largest absolute Gasteiger partial charge is 0.336 e. The van der Waals surface area contributed by atoms with E-state index in [2.05, 4.69) is 12.0 Å². The second kappa shape index (κ2) is 7.40. The van der Waals surface area contributed by atoms with Gasteiger partial charge in [-0.25, -0.2) is 9.07 Å². The Balaban J connectivity index is 1.83. The SMILES string of the molecule is Cc1nn(-c2ccc(F)cc2)c(Cl)c1/C=C/C(=O)N1CCCCC1C. The molecule has 0 saturated carbocycles. The van der Waals surface area contributed by atoms with Crippen LogP contribution in [0.4, 0.5) is 4.39 Å². The number of carbonyl (C=O) groups excluding carboxylic acids is 1. The summed E-state index contributed by atoms with van der Waals surface area (Å²) in [6, 6.07) is 6.21. The summed E-state index contributed by atoms with van der Waals surface area (Å²) in [5.41, 5.74) is 2.08. The lowest BCUT2D eigenvalue weighted by atomic mass is 10.0. The quantitative estimate of drug-likeness (QED) is 0.760. The molecule has 1 unspecified atom stereocenters. The molecule has 1 fully saturated rings. The molecule has 1 saturated heterocycles. The van der Waals surface area contributed by atoms with Crippen LogP contribution in [0.5, 0.6) is 0 Å². The molecule has 0 N–H and O–H groups in total. The van der Waals surface area contributed by atoms with E-state index in [1.807, 2.05) is 11.8 Å². The number of carbonyl (C=O) groups is 1. The van der Waals surface area contributed by atoms with Crippen molar-refractivity contribution in [3.63, 3.8) is 0 Å². The molecular weight excluding hydrogens is 341 g/mol. The molecule has 2 heterocycles. The van der Waals surface area contributed by atoms with E-state index >= 15 is 0 Å². The van der Waals surface area contributed by atoms with Crippen molar-refractivity contribution in [3.05, 3.63) is 52.6 Å². The summed E-state index contributed by atoms with van der Waals surface area (Å²) in [6.07, 6.45) is 6.54. The van der Waals surface area contributed by atoms with E-state index in [1.54, 1.807) is 29.0 Å². The fourth-order valence-electron chi connectivity index (χ4n) is 3.13. The molecule has 4 nitrogen and oxygen atoms in total. The third-order valence-corrected chi connectivity index (χ3v) is 4.96. The fourth-order valence-corrected chi connectivity index (χ4v) is 3.46. The van der Waals surface area contributed by atoms with E-state index in [4.69, 9.17) is 11.6 Å². The number of hydrogen-bond acceptors (Lipinski definition) is 2. The minimum atomic E-state index is -0.315. The highest BCUT2D eigenvalue weighted by Crippen LogP contribution is 2.25. The maximum Gasteiger partial charge on any atom is 0.246 e. The summed E-state index contributed by atoms with van der Waals surface area (Å²) in [7, 11) is 0. The third-order valence-electron chi connectivity index (χ3n) is 4.60. The highest BCUT2D eigenvalue weighted by Gasteiger charge is 2.21. The maximum absolute atomic E-state index is 13.1. The molecule has 1 amide bonds.